The molecule has 3 aromatic rings. The molecule has 2 saturated heterocycles. The minimum atomic E-state index is 0.176. The number of anilines is 1. The van der Waals surface area contributed by atoms with Gasteiger partial charge >= 0.3 is 0 Å². The largest absolute Gasteiger partial charge is 0.369 e. The van der Waals surface area contributed by atoms with Gasteiger partial charge in [-0.2, -0.15) is 5.10 Å². The third-order valence-corrected chi connectivity index (χ3v) is 6.46. The Kier molecular flexibility index (Phi) is 5.41. The maximum absolute atomic E-state index is 12.9. The lowest BCUT2D eigenvalue weighted by Gasteiger charge is -2.44. The Bertz CT molecular complexity index is 960. The fraction of sp³-hybridized carbons (Fsp3) is 0.417. The highest BCUT2D eigenvalue weighted by Gasteiger charge is 2.30. The van der Waals surface area contributed by atoms with Crippen molar-refractivity contribution in [2.45, 2.75) is 25.4 Å². The van der Waals surface area contributed by atoms with Crippen LogP contribution in [0.4, 0.5) is 5.69 Å². The first kappa shape index (κ1) is 19.1. The van der Waals surface area contributed by atoms with Crippen LogP contribution in [0.2, 0.25) is 0 Å². The molecule has 5 rings (SSSR count). The van der Waals surface area contributed by atoms with Crippen LogP contribution in [0.3, 0.4) is 0 Å². The molecule has 0 N–H and O–H groups in total. The minimum Gasteiger partial charge on any atom is -0.369 e. The van der Waals surface area contributed by atoms with Crippen LogP contribution in [-0.4, -0.2) is 70.8 Å². The van der Waals surface area contributed by atoms with Gasteiger partial charge in [-0.1, -0.05) is 36.4 Å². The molecule has 0 saturated carbocycles. The maximum atomic E-state index is 12.9. The van der Waals surface area contributed by atoms with Crippen LogP contribution in [0.5, 0.6) is 0 Å². The summed E-state index contributed by atoms with van der Waals surface area (Å²) in [6, 6.07) is 19.1. The summed E-state index contributed by atoms with van der Waals surface area (Å²) < 4.78 is 1.79. The van der Waals surface area contributed by atoms with Crippen molar-refractivity contribution in [1.82, 2.24) is 19.6 Å². The Balaban J connectivity index is 1.17. The lowest BCUT2D eigenvalue weighted by molar-refractivity contribution is -0.134. The van der Waals surface area contributed by atoms with Crippen LogP contribution in [-0.2, 0) is 11.3 Å². The van der Waals surface area contributed by atoms with Gasteiger partial charge in [0.25, 0.3) is 0 Å². The predicted octanol–water partition coefficient (Wildman–Crippen LogP) is 2.85. The van der Waals surface area contributed by atoms with Crippen LogP contribution >= 0.6 is 0 Å². The molecule has 1 aromatic heterocycles. The zero-order valence-electron chi connectivity index (χ0n) is 17.4. The summed E-state index contributed by atoms with van der Waals surface area (Å²) >= 11 is 0. The highest BCUT2D eigenvalue weighted by atomic mass is 16.2. The van der Waals surface area contributed by atoms with Gasteiger partial charge in [-0.25, -0.2) is 0 Å². The fourth-order valence-corrected chi connectivity index (χ4v) is 4.80. The van der Waals surface area contributed by atoms with E-state index in [4.69, 9.17) is 0 Å². The molecule has 0 spiro atoms. The number of hydrogen-bond acceptors (Lipinski definition) is 4. The second kappa shape index (κ2) is 8.48. The van der Waals surface area contributed by atoms with Gasteiger partial charge in [0.2, 0.25) is 5.91 Å². The van der Waals surface area contributed by atoms with Crippen molar-refractivity contribution in [3.05, 3.63) is 60.8 Å². The standard InChI is InChI=1S/C24H29N5O/c30-24(19-29-17-20-7-4-5-11-23(20)25-29)28-12-6-10-22(18-28)27-15-13-26(14-16-27)21-8-2-1-3-9-21/h1-5,7-9,11,17,22H,6,10,12-16,18-19H2/t22-/m0/s1. The number of likely N-dealkylation sites (tertiary alicyclic amines) is 1. The smallest absolute Gasteiger partial charge is 0.244 e. The van der Waals surface area contributed by atoms with Crippen LogP contribution in [0.1, 0.15) is 12.8 Å². The highest BCUT2D eigenvalue weighted by molar-refractivity contribution is 5.80. The van der Waals surface area contributed by atoms with Crippen molar-refractivity contribution in [2.75, 3.05) is 44.2 Å². The summed E-state index contributed by atoms with van der Waals surface area (Å²) in [6.07, 6.45) is 4.23. The summed E-state index contributed by atoms with van der Waals surface area (Å²) in [5.41, 5.74) is 2.25. The molecule has 6 nitrogen and oxygen atoms in total. The van der Waals surface area contributed by atoms with Crippen LogP contribution < -0.4 is 4.90 Å². The Morgan fingerprint density at radius 3 is 2.50 bits per heavy atom. The van der Waals surface area contributed by atoms with E-state index in [1.54, 1.807) is 4.68 Å². The van der Waals surface area contributed by atoms with E-state index >= 15 is 0 Å². The number of rotatable bonds is 4. The zero-order chi connectivity index (χ0) is 20.3. The van der Waals surface area contributed by atoms with Gasteiger partial charge in [-0.05, 0) is 31.0 Å². The number of carbonyl (C=O) groups is 1. The molecular formula is C24H29N5O. The van der Waals surface area contributed by atoms with E-state index in [1.807, 2.05) is 35.4 Å². The molecule has 2 aliphatic rings. The first-order valence-corrected chi connectivity index (χ1v) is 11.0. The van der Waals surface area contributed by atoms with Gasteiger partial charge in [0.15, 0.2) is 0 Å². The molecule has 2 aliphatic heterocycles. The molecule has 1 amide bonds. The van der Waals surface area contributed by atoms with Gasteiger partial charge in [-0.15, -0.1) is 0 Å². The molecule has 6 heteroatoms. The summed E-state index contributed by atoms with van der Waals surface area (Å²) in [7, 11) is 0. The minimum absolute atomic E-state index is 0.176. The van der Waals surface area contributed by atoms with Gasteiger partial charge in [0.05, 0.1) is 5.52 Å². The Morgan fingerprint density at radius 1 is 0.933 bits per heavy atom. The number of aromatic nitrogens is 2. The van der Waals surface area contributed by atoms with Crippen LogP contribution in [0.25, 0.3) is 10.9 Å². The Morgan fingerprint density at radius 2 is 1.70 bits per heavy atom. The third-order valence-electron chi connectivity index (χ3n) is 6.46. The summed E-state index contributed by atoms with van der Waals surface area (Å²) in [6.45, 7) is 6.25. The van der Waals surface area contributed by atoms with Crippen LogP contribution in [0.15, 0.2) is 60.8 Å². The number of fused-ring (bicyclic) bond motifs is 1. The third kappa shape index (κ3) is 4.05. The zero-order valence-corrected chi connectivity index (χ0v) is 17.4. The molecule has 1 atom stereocenters. The van der Waals surface area contributed by atoms with Crippen molar-refractivity contribution in [3.63, 3.8) is 0 Å². The number of piperidine rings is 1. The lowest BCUT2D eigenvalue weighted by atomic mass is 10.0. The number of hydrogen-bond donors (Lipinski definition) is 0. The Labute approximate surface area is 177 Å². The lowest BCUT2D eigenvalue weighted by Crippen LogP contribution is -2.56. The first-order valence-electron chi connectivity index (χ1n) is 11.0. The average molecular weight is 404 g/mol. The van der Waals surface area contributed by atoms with Gasteiger partial charge in [0.1, 0.15) is 6.54 Å². The molecule has 0 unspecified atom stereocenters. The molecule has 156 valence electrons. The van der Waals surface area contributed by atoms with E-state index in [-0.39, 0.29) is 5.91 Å². The topological polar surface area (TPSA) is 44.6 Å². The second-order valence-corrected chi connectivity index (χ2v) is 8.38. The summed E-state index contributed by atoms with van der Waals surface area (Å²) in [5, 5.41) is 5.63. The number of amides is 1. The summed E-state index contributed by atoms with van der Waals surface area (Å²) in [5.74, 6) is 0.176. The van der Waals surface area contributed by atoms with Crippen molar-refractivity contribution in [2.24, 2.45) is 0 Å². The summed E-state index contributed by atoms with van der Waals surface area (Å²) in [4.78, 5) is 20.0. The van der Waals surface area contributed by atoms with Crippen molar-refractivity contribution >= 4 is 22.5 Å². The molecule has 0 aliphatic carbocycles. The molecule has 0 radical (unpaired) electrons. The predicted molar refractivity (Wildman–Crippen MR) is 120 cm³/mol. The molecule has 30 heavy (non-hydrogen) atoms. The van der Waals surface area contributed by atoms with Gasteiger partial charge in [-0.3, -0.25) is 14.4 Å². The number of para-hydroxylation sites is 1. The van der Waals surface area contributed by atoms with Crippen molar-refractivity contribution < 1.29 is 4.79 Å². The molecule has 2 fully saturated rings. The van der Waals surface area contributed by atoms with E-state index < -0.39 is 0 Å². The second-order valence-electron chi connectivity index (χ2n) is 8.38. The molecule has 0 bridgehead atoms. The number of carbonyl (C=O) groups excluding carboxylic acids is 1. The SMILES string of the molecule is O=C(Cn1cc2ccccc2n1)N1CCC[C@H](N2CCN(c3ccccc3)CC2)C1. The number of piperazine rings is 1. The van der Waals surface area contributed by atoms with E-state index in [0.717, 1.165) is 56.6 Å². The van der Waals surface area contributed by atoms with Crippen molar-refractivity contribution in [1.29, 1.82) is 0 Å². The molecule has 2 aromatic carbocycles. The fourth-order valence-electron chi connectivity index (χ4n) is 4.80. The van der Waals surface area contributed by atoms with E-state index in [2.05, 4.69) is 45.2 Å². The molecular weight excluding hydrogens is 374 g/mol. The average Bonchev–Trinajstić information content (AvgIpc) is 3.22. The quantitative estimate of drug-likeness (QED) is 0.672. The first-order chi connectivity index (χ1) is 14.8. The van der Waals surface area contributed by atoms with Crippen LogP contribution in [0, 0.1) is 0 Å². The van der Waals surface area contributed by atoms with Gasteiger partial charge < -0.3 is 9.80 Å². The Hall–Kier alpha value is -2.86. The van der Waals surface area contributed by atoms with Crippen molar-refractivity contribution in [3.8, 4) is 0 Å². The number of nitrogens with zero attached hydrogens (tertiary/aromatic N) is 5. The maximum Gasteiger partial charge on any atom is 0.244 e. The monoisotopic (exact) mass is 403 g/mol. The van der Waals surface area contributed by atoms with Gasteiger partial charge in [0, 0.05) is 62.6 Å². The molecule has 3 heterocycles. The number of benzene rings is 2. The van der Waals surface area contributed by atoms with E-state index in [0.29, 0.717) is 12.6 Å². The highest BCUT2D eigenvalue weighted by Crippen LogP contribution is 2.21. The van der Waals surface area contributed by atoms with E-state index in [9.17, 15) is 4.79 Å². The van der Waals surface area contributed by atoms with E-state index in [1.165, 1.54) is 12.1 Å². The normalized spacial score (nSPS) is 20.6.